The fourth-order valence-corrected chi connectivity index (χ4v) is 7.26. The Morgan fingerprint density at radius 1 is 0.643 bits per heavy atom. The van der Waals surface area contributed by atoms with E-state index in [1.165, 1.54) is 22.4 Å². The summed E-state index contributed by atoms with van der Waals surface area (Å²) in [5.41, 5.74) is 10.5. The minimum atomic E-state index is 0.0837. The number of para-hydroxylation sites is 2. The van der Waals surface area contributed by atoms with E-state index in [0.717, 1.165) is 65.5 Å². The van der Waals surface area contributed by atoms with Crippen molar-refractivity contribution < 1.29 is 0 Å². The topological polar surface area (TPSA) is 32.3 Å². The van der Waals surface area contributed by atoms with Crippen molar-refractivity contribution in [3.8, 4) is 22.5 Å². The van der Waals surface area contributed by atoms with Gasteiger partial charge in [-0.25, -0.2) is 9.97 Å². The Morgan fingerprint density at radius 2 is 1.17 bits per heavy atom. The number of hydrogen-bond donors (Lipinski definition) is 0. The lowest BCUT2D eigenvalue weighted by atomic mass is 9.72. The monoisotopic (exact) mass is 550 g/mol. The Labute approximate surface area is 249 Å². The first-order chi connectivity index (χ1) is 20.6. The van der Waals surface area contributed by atoms with Crippen LogP contribution in [0.1, 0.15) is 56.2 Å². The molecule has 1 unspecified atom stereocenters. The van der Waals surface area contributed by atoms with Gasteiger partial charge in [-0.05, 0) is 79.8 Å². The maximum Gasteiger partial charge on any atom is 0.179 e. The van der Waals surface area contributed by atoms with Crippen LogP contribution in [-0.4, -0.2) is 16.1 Å². The van der Waals surface area contributed by atoms with E-state index < -0.39 is 0 Å². The highest BCUT2D eigenvalue weighted by Gasteiger charge is 2.47. The summed E-state index contributed by atoms with van der Waals surface area (Å²) in [7, 11) is 0. The van der Waals surface area contributed by atoms with Gasteiger partial charge in [0.2, 0.25) is 0 Å². The molecule has 2 aliphatic heterocycles. The van der Waals surface area contributed by atoms with E-state index in [-0.39, 0.29) is 11.6 Å². The first kappa shape index (κ1) is 26.5. The van der Waals surface area contributed by atoms with Gasteiger partial charge in [0.25, 0.3) is 0 Å². The first-order valence-electron chi connectivity index (χ1n) is 15.3. The van der Waals surface area contributed by atoms with Gasteiger partial charge in [0.15, 0.2) is 11.6 Å². The molecule has 210 valence electrons. The van der Waals surface area contributed by atoms with Crippen LogP contribution < -0.4 is 9.80 Å². The molecule has 0 saturated carbocycles. The molecule has 0 amide bonds. The lowest BCUT2D eigenvalue weighted by molar-refractivity contribution is 0.354. The predicted molar refractivity (Wildman–Crippen MR) is 175 cm³/mol. The summed E-state index contributed by atoms with van der Waals surface area (Å²) in [5, 5.41) is 0. The van der Waals surface area contributed by atoms with Crippen molar-refractivity contribution in [3.05, 3.63) is 120 Å². The number of anilines is 4. The maximum atomic E-state index is 5.62. The fourth-order valence-electron chi connectivity index (χ4n) is 7.26. The lowest BCUT2D eigenvalue weighted by Gasteiger charge is -2.33. The average molecular weight is 551 g/mol. The quantitative estimate of drug-likeness (QED) is 0.218. The maximum absolute atomic E-state index is 5.62. The molecular weight excluding hydrogens is 512 g/mol. The summed E-state index contributed by atoms with van der Waals surface area (Å²) in [5.74, 6) is 1.87. The molecule has 0 bridgehead atoms. The Balaban J connectivity index is 1.56. The number of nitrogens with zero attached hydrogens (tertiary/aromatic N) is 4. The summed E-state index contributed by atoms with van der Waals surface area (Å²) >= 11 is 0. The first-order valence-corrected chi connectivity index (χ1v) is 15.3. The molecule has 1 atom stereocenters. The van der Waals surface area contributed by atoms with Crippen LogP contribution in [0.2, 0.25) is 0 Å². The number of aryl methyl sites for hydroxylation is 2. The van der Waals surface area contributed by atoms with Gasteiger partial charge in [-0.2, -0.15) is 0 Å². The van der Waals surface area contributed by atoms with Crippen LogP contribution in [0.5, 0.6) is 0 Å². The van der Waals surface area contributed by atoms with Crippen LogP contribution in [0, 0.1) is 13.8 Å². The summed E-state index contributed by atoms with van der Waals surface area (Å²) in [6.07, 6.45) is 4.45. The SMILES string of the molecule is CCC1(CC)CCC2N(c3ccccc3)c3nc(-c4ccccc4C)c(-c4ccccc4C)nc3N2c2ccccc21. The number of aromatic nitrogens is 2. The van der Waals surface area contributed by atoms with Crippen LogP contribution in [-0.2, 0) is 5.41 Å². The second kappa shape index (κ2) is 10.4. The fraction of sp³-hybridized carbons (Fsp3) is 0.263. The molecular formula is C38H38N4. The molecule has 0 spiro atoms. The Kier molecular flexibility index (Phi) is 6.57. The third kappa shape index (κ3) is 4.04. The van der Waals surface area contributed by atoms with Gasteiger partial charge in [0.1, 0.15) is 6.17 Å². The molecule has 4 heteroatoms. The lowest BCUT2D eigenvalue weighted by Crippen LogP contribution is -2.38. The molecule has 0 aliphatic carbocycles. The zero-order valence-electron chi connectivity index (χ0n) is 25.0. The van der Waals surface area contributed by atoms with Gasteiger partial charge in [0, 0.05) is 22.5 Å². The standard InChI is InChI=1S/C38H38N4/c1-5-38(6-2)25-24-33-41(28-18-8-7-9-19-28)36-37(42(33)32-23-15-14-22-31(32)38)40-35(30-21-13-11-17-27(30)4)34(39-36)29-20-12-10-16-26(29)3/h7-23,33H,5-6,24-25H2,1-4H3. The van der Waals surface area contributed by atoms with Crippen LogP contribution in [0.15, 0.2) is 103 Å². The van der Waals surface area contributed by atoms with Gasteiger partial charge >= 0.3 is 0 Å². The van der Waals surface area contributed by atoms with Crippen molar-refractivity contribution in [2.45, 2.75) is 65.0 Å². The second-order valence-corrected chi connectivity index (χ2v) is 11.8. The third-order valence-electron chi connectivity index (χ3n) is 9.72. The number of benzene rings is 4. The Hall–Kier alpha value is -4.44. The largest absolute Gasteiger partial charge is 0.302 e. The normalized spacial score (nSPS) is 16.9. The smallest absolute Gasteiger partial charge is 0.179 e. The third-order valence-corrected chi connectivity index (χ3v) is 9.72. The van der Waals surface area contributed by atoms with Crippen LogP contribution in [0.3, 0.4) is 0 Å². The molecule has 1 aromatic heterocycles. The highest BCUT2D eigenvalue weighted by molar-refractivity contribution is 5.91. The molecule has 0 fully saturated rings. The van der Waals surface area contributed by atoms with E-state index in [4.69, 9.17) is 9.97 Å². The zero-order chi connectivity index (χ0) is 28.8. The summed E-state index contributed by atoms with van der Waals surface area (Å²) < 4.78 is 0. The van der Waals surface area contributed by atoms with E-state index in [9.17, 15) is 0 Å². The van der Waals surface area contributed by atoms with Crippen LogP contribution in [0.25, 0.3) is 22.5 Å². The highest BCUT2D eigenvalue weighted by atomic mass is 15.5. The van der Waals surface area contributed by atoms with Gasteiger partial charge < -0.3 is 9.80 Å². The Morgan fingerprint density at radius 3 is 1.76 bits per heavy atom. The van der Waals surface area contributed by atoms with Crippen molar-refractivity contribution in [2.75, 3.05) is 9.80 Å². The molecule has 2 aliphatic rings. The van der Waals surface area contributed by atoms with E-state index in [0.29, 0.717) is 0 Å². The average Bonchev–Trinajstić information content (AvgIpc) is 3.27. The highest BCUT2D eigenvalue weighted by Crippen LogP contribution is 2.55. The minimum Gasteiger partial charge on any atom is -0.302 e. The van der Waals surface area contributed by atoms with Gasteiger partial charge in [-0.15, -0.1) is 0 Å². The molecule has 4 aromatic carbocycles. The van der Waals surface area contributed by atoms with Crippen LogP contribution >= 0.6 is 0 Å². The predicted octanol–water partition coefficient (Wildman–Crippen LogP) is 9.89. The molecule has 5 aromatic rings. The molecule has 7 rings (SSSR count). The molecule has 0 radical (unpaired) electrons. The van der Waals surface area contributed by atoms with E-state index in [2.05, 4.69) is 141 Å². The summed E-state index contributed by atoms with van der Waals surface area (Å²) in [6.45, 7) is 9.04. The number of rotatable bonds is 5. The minimum absolute atomic E-state index is 0.0837. The van der Waals surface area contributed by atoms with Crippen molar-refractivity contribution >= 4 is 23.0 Å². The Bertz CT molecular complexity index is 1750. The van der Waals surface area contributed by atoms with E-state index in [1.807, 2.05) is 0 Å². The van der Waals surface area contributed by atoms with Gasteiger partial charge in [0.05, 0.1) is 11.4 Å². The summed E-state index contributed by atoms with van der Waals surface area (Å²) in [4.78, 5) is 16.2. The van der Waals surface area contributed by atoms with Crippen molar-refractivity contribution in [1.29, 1.82) is 0 Å². The molecule has 0 saturated heterocycles. The second-order valence-electron chi connectivity index (χ2n) is 11.8. The molecule has 4 nitrogen and oxygen atoms in total. The van der Waals surface area contributed by atoms with Crippen molar-refractivity contribution in [2.24, 2.45) is 0 Å². The summed E-state index contributed by atoms with van der Waals surface area (Å²) in [6, 6.07) is 36.9. The molecule has 3 heterocycles. The zero-order valence-corrected chi connectivity index (χ0v) is 25.0. The number of fused-ring (bicyclic) bond motifs is 5. The van der Waals surface area contributed by atoms with E-state index >= 15 is 0 Å². The van der Waals surface area contributed by atoms with Gasteiger partial charge in [-0.3, -0.25) is 0 Å². The van der Waals surface area contributed by atoms with Crippen molar-refractivity contribution in [1.82, 2.24) is 9.97 Å². The molecule has 42 heavy (non-hydrogen) atoms. The number of hydrogen-bond acceptors (Lipinski definition) is 4. The van der Waals surface area contributed by atoms with Crippen molar-refractivity contribution in [3.63, 3.8) is 0 Å². The van der Waals surface area contributed by atoms with Gasteiger partial charge in [-0.1, -0.05) is 98.8 Å². The molecule has 0 N–H and O–H groups in total. The van der Waals surface area contributed by atoms with E-state index in [1.54, 1.807) is 0 Å². The van der Waals surface area contributed by atoms with Crippen LogP contribution in [0.4, 0.5) is 23.0 Å².